The van der Waals surface area contributed by atoms with E-state index in [9.17, 15) is 4.79 Å². The third kappa shape index (κ3) is 3.68. The molecule has 1 saturated heterocycles. The molecule has 1 aromatic rings. The van der Waals surface area contributed by atoms with Gasteiger partial charge in [0.15, 0.2) is 0 Å². The molecule has 1 aromatic heterocycles. The van der Waals surface area contributed by atoms with Crippen LogP contribution < -0.4 is 5.73 Å². The number of carbonyl (C=O) groups excluding carboxylic acids is 1. The highest BCUT2D eigenvalue weighted by Crippen LogP contribution is 2.37. The summed E-state index contributed by atoms with van der Waals surface area (Å²) in [5.74, 6) is 1.10. The van der Waals surface area contributed by atoms with Crippen molar-refractivity contribution in [1.29, 1.82) is 0 Å². The molecule has 0 bridgehead atoms. The summed E-state index contributed by atoms with van der Waals surface area (Å²) in [5, 5.41) is 0. The van der Waals surface area contributed by atoms with Gasteiger partial charge in [0.2, 0.25) is 5.91 Å². The van der Waals surface area contributed by atoms with Crippen LogP contribution in [0.5, 0.6) is 0 Å². The van der Waals surface area contributed by atoms with Crippen LogP contribution in [0.25, 0.3) is 11.1 Å². The number of amides is 1. The average molecular weight is 379 g/mol. The molecule has 4 rings (SSSR count). The lowest BCUT2D eigenvalue weighted by Crippen LogP contribution is -2.51. The zero-order valence-corrected chi connectivity index (χ0v) is 16.8. The molecule has 1 unspecified atom stereocenters. The van der Waals surface area contributed by atoms with Gasteiger partial charge >= 0.3 is 0 Å². The summed E-state index contributed by atoms with van der Waals surface area (Å²) in [6, 6.07) is 4.42. The quantitative estimate of drug-likeness (QED) is 0.855. The smallest absolute Gasteiger partial charge is 0.225 e. The summed E-state index contributed by atoms with van der Waals surface area (Å²) in [6.07, 6.45) is 8.57. The first-order valence-corrected chi connectivity index (χ1v) is 10.4. The van der Waals surface area contributed by atoms with Crippen molar-refractivity contribution in [2.75, 3.05) is 13.1 Å². The van der Waals surface area contributed by atoms with Crippen LogP contribution in [-0.4, -0.2) is 47.2 Å². The predicted octanol–water partition coefficient (Wildman–Crippen LogP) is 3.17. The van der Waals surface area contributed by atoms with E-state index in [-0.39, 0.29) is 29.8 Å². The number of hydrogen-bond donors (Lipinski definition) is 1. The van der Waals surface area contributed by atoms with Crippen molar-refractivity contribution in [3.8, 4) is 0 Å². The van der Waals surface area contributed by atoms with Crippen molar-refractivity contribution in [1.82, 2.24) is 9.88 Å². The fourth-order valence-electron chi connectivity index (χ4n) is 4.67. The third-order valence-corrected chi connectivity index (χ3v) is 6.34. The van der Waals surface area contributed by atoms with Gasteiger partial charge in [0.1, 0.15) is 6.04 Å². The maximum absolute atomic E-state index is 12.9. The number of carbonyl (C=O) groups is 1. The maximum atomic E-state index is 12.9. The summed E-state index contributed by atoms with van der Waals surface area (Å²) < 4.78 is 0. The van der Waals surface area contributed by atoms with E-state index in [0.717, 1.165) is 54.8 Å². The average Bonchev–Trinajstić information content (AvgIpc) is 3.50. The number of hydrogen-bond acceptors (Lipinski definition) is 4. The number of aliphatic imine (C=N–C) groups is 1. The molecular formula is C23H30N4O. The van der Waals surface area contributed by atoms with Gasteiger partial charge in [-0.05, 0) is 43.7 Å². The Morgan fingerprint density at radius 3 is 2.68 bits per heavy atom. The first kappa shape index (κ1) is 19.1. The molecule has 148 valence electrons. The van der Waals surface area contributed by atoms with Crippen molar-refractivity contribution < 1.29 is 4.79 Å². The van der Waals surface area contributed by atoms with E-state index in [1.165, 1.54) is 0 Å². The van der Waals surface area contributed by atoms with E-state index >= 15 is 0 Å². The molecule has 2 fully saturated rings. The fraction of sp³-hybridized carbons (Fsp3) is 0.522. The predicted molar refractivity (Wildman–Crippen MR) is 114 cm³/mol. The van der Waals surface area contributed by atoms with Crippen LogP contribution in [0, 0.1) is 17.8 Å². The third-order valence-electron chi connectivity index (χ3n) is 6.34. The molecular weight excluding hydrogens is 348 g/mol. The molecule has 0 spiro atoms. The van der Waals surface area contributed by atoms with Crippen molar-refractivity contribution in [2.24, 2.45) is 28.5 Å². The second kappa shape index (κ2) is 7.63. The van der Waals surface area contributed by atoms with Crippen LogP contribution in [-0.2, 0) is 4.79 Å². The number of rotatable bonds is 5. The minimum absolute atomic E-state index is 0.116. The topological polar surface area (TPSA) is 71.6 Å². The van der Waals surface area contributed by atoms with Crippen molar-refractivity contribution in [3.63, 3.8) is 0 Å². The highest BCUT2D eigenvalue weighted by Gasteiger charge is 2.38. The molecule has 1 saturated carbocycles. The molecule has 0 aromatic carbocycles. The lowest BCUT2D eigenvalue weighted by atomic mass is 9.77. The van der Waals surface area contributed by atoms with Gasteiger partial charge in [-0.15, -0.1) is 0 Å². The van der Waals surface area contributed by atoms with Crippen molar-refractivity contribution in [3.05, 3.63) is 42.2 Å². The molecule has 0 radical (unpaired) electrons. The van der Waals surface area contributed by atoms with Gasteiger partial charge in [-0.25, -0.2) is 0 Å². The molecule has 3 atom stereocenters. The highest BCUT2D eigenvalue weighted by atomic mass is 16.2. The second-order valence-corrected chi connectivity index (χ2v) is 8.62. The van der Waals surface area contributed by atoms with E-state index in [2.05, 4.69) is 40.5 Å². The van der Waals surface area contributed by atoms with E-state index in [1.807, 2.05) is 25.4 Å². The van der Waals surface area contributed by atoms with Crippen LogP contribution in [0.4, 0.5) is 0 Å². The molecule has 2 N–H and O–H groups in total. The van der Waals surface area contributed by atoms with E-state index in [4.69, 9.17) is 5.73 Å². The molecule has 1 aliphatic carbocycles. The van der Waals surface area contributed by atoms with Crippen molar-refractivity contribution in [2.45, 2.75) is 45.2 Å². The lowest BCUT2D eigenvalue weighted by molar-refractivity contribution is -0.141. The lowest BCUT2D eigenvalue weighted by Gasteiger charge is -2.42. The number of pyridine rings is 1. The summed E-state index contributed by atoms with van der Waals surface area (Å²) in [4.78, 5) is 23.9. The SMILES string of the molecule is C=C(c1cccnc1/C(=C\C)C1C=N1)[C@H]1C[C@@H](C)CN(C(=O)C2CC(N)C2)C1. The van der Waals surface area contributed by atoms with Gasteiger partial charge in [-0.2, -0.15) is 0 Å². The maximum Gasteiger partial charge on any atom is 0.225 e. The number of piperidine rings is 1. The molecule has 3 aliphatic rings. The number of likely N-dealkylation sites (tertiary alicyclic amines) is 1. The van der Waals surface area contributed by atoms with Gasteiger partial charge in [-0.1, -0.05) is 25.6 Å². The largest absolute Gasteiger partial charge is 0.342 e. The molecule has 1 amide bonds. The Kier molecular flexibility index (Phi) is 5.19. The summed E-state index contributed by atoms with van der Waals surface area (Å²) in [7, 11) is 0. The molecule has 5 nitrogen and oxygen atoms in total. The van der Waals surface area contributed by atoms with Gasteiger partial charge < -0.3 is 10.6 Å². The van der Waals surface area contributed by atoms with Gasteiger partial charge in [0.25, 0.3) is 0 Å². The van der Waals surface area contributed by atoms with Crippen LogP contribution in [0.3, 0.4) is 0 Å². The van der Waals surface area contributed by atoms with Gasteiger partial charge in [-0.3, -0.25) is 14.8 Å². The Morgan fingerprint density at radius 2 is 2.04 bits per heavy atom. The number of allylic oxidation sites excluding steroid dienone is 1. The Hall–Kier alpha value is -2.27. The standard InChI is InChI=1S/C23H30N4O/c1-4-19(21-11-26-21)22-20(6-5-7-25-22)15(3)17-8-14(2)12-27(13-17)23(28)16-9-18(24)10-16/h4-7,11,14,16-18,21H,3,8-10,12-13,24H2,1-2H3/b19-4-/t14-,16?,17+,18?,21?/m1/s1. The Bertz CT molecular complexity index is 831. The van der Waals surface area contributed by atoms with Crippen molar-refractivity contribution >= 4 is 23.3 Å². The molecule has 2 aliphatic heterocycles. The first-order chi connectivity index (χ1) is 13.5. The molecule has 3 heterocycles. The van der Waals surface area contributed by atoms with E-state index < -0.39 is 0 Å². The zero-order valence-electron chi connectivity index (χ0n) is 16.8. The van der Waals surface area contributed by atoms with Gasteiger partial charge in [0.05, 0.1) is 5.69 Å². The van der Waals surface area contributed by atoms with E-state index in [1.54, 1.807) is 0 Å². The minimum atomic E-state index is 0.116. The monoisotopic (exact) mass is 378 g/mol. The fourth-order valence-corrected chi connectivity index (χ4v) is 4.67. The van der Waals surface area contributed by atoms with Crippen LogP contribution in [0.2, 0.25) is 0 Å². The van der Waals surface area contributed by atoms with E-state index in [0.29, 0.717) is 5.92 Å². The van der Waals surface area contributed by atoms with Crippen LogP contribution in [0.1, 0.15) is 44.4 Å². The Labute approximate surface area is 167 Å². The number of aromatic nitrogens is 1. The second-order valence-electron chi connectivity index (χ2n) is 8.62. The summed E-state index contributed by atoms with van der Waals surface area (Å²) in [6.45, 7) is 10.3. The molecule has 5 heteroatoms. The normalized spacial score (nSPS) is 32.0. The molecule has 28 heavy (non-hydrogen) atoms. The highest BCUT2D eigenvalue weighted by molar-refractivity contribution is 5.97. The first-order valence-electron chi connectivity index (χ1n) is 10.4. The zero-order chi connectivity index (χ0) is 19.8. The van der Waals surface area contributed by atoms with Gasteiger partial charge in [0, 0.05) is 54.5 Å². The Balaban J connectivity index is 1.54. The van der Waals surface area contributed by atoms with Crippen LogP contribution in [0.15, 0.2) is 36.0 Å². The minimum Gasteiger partial charge on any atom is -0.342 e. The van der Waals surface area contributed by atoms with Crippen LogP contribution >= 0.6 is 0 Å². The summed E-state index contributed by atoms with van der Waals surface area (Å²) >= 11 is 0. The number of nitrogens with two attached hydrogens (primary N) is 1. The summed E-state index contributed by atoms with van der Waals surface area (Å²) in [5.41, 5.74) is 10.2. The number of nitrogens with zero attached hydrogens (tertiary/aromatic N) is 3. The Morgan fingerprint density at radius 1 is 1.29 bits per heavy atom.